The largest absolute Gasteiger partial charge is 0.474 e. The minimum atomic E-state index is -4.29. The van der Waals surface area contributed by atoms with E-state index in [1.165, 1.54) is 6.92 Å². The summed E-state index contributed by atoms with van der Waals surface area (Å²) in [6.45, 7) is 4.89. The number of aromatic nitrogens is 5. The van der Waals surface area contributed by atoms with Crippen LogP contribution < -0.4 is 15.0 Å². The fourth-order valence-corrected chi connectivity index (χ4v) is 5.47. The molecule has 1 atom stereocenters. The average Bonchev–Trinajstić information content (AvgIpc) is 2.89. The molecule has 0 radical (unpaired) electrons. The molecule has 3 aromatic heterocycles. The van der Waals surface area contributed by atoms with Crippen molar-refractivity contribution in [1.82, 2.24) is 24.9 Å². The molecule has 210 valence electrons. The number of aryl methyl sites for hydroxylation is 1. The summed E-state index contributed by atoms with van der Waals surface area (Å²) in [6.07, 6.45) is 4.00. The molecule has 0 unspecified atom stereocenters. The van der Waals surface area contributed by atoms with Gasteiger partial charge in [0.15, 0.2) is 0 Å². The molecule has 1 saturated carbocycles. The van der Waals surface area contributed by atoms with E-state index in [1.54, 1.807) is 18.6 Å². The van der Waals surface area contributed by atoms with Crippen LogP contribution in [0.1, 0.15) is 69.2 Å². The third-order valence-electron chi connectivity index (χ3n) is 7.47. The molecular formula is C27H34F3N7O2. The van der Waals surface area contributed by atoms with Crippen LogP contribution in [0, 0.1) is 6.92 Å². The van der Waals surface area contributed by atoms with Gasteiger partial charge in [-0.2, -0.15) is 13.2 Å². The molecule has 0 amide bonds. The Bertz CT molecular complexity index is 1280. The monoisotopic (exact) mass is 545 g/mol. The van der Waals surface area contributed by atoms with Crippen molar-refractivity contribution in [2.24, 2.45) is 0 Å². The highest BCUT2D eigenvalue weighted by Crippen LogP contribution is 2.38. The lowest BCUT2D eigenvalue weighted by molar-refractivity contribution is -0.136. The van der Waals surface area contributed by atoms with Crippen LogP contribution in [-0.2, 0) is 0 Å². The average molecular weight is 546 g/mol. The van der Waals surface area contributed by atoms with Gasteiger partial charge in [0.1, 0.15) is 17.7 Å². The number of ether oxygens (including phenoxy) is 1. The van der Waals surface area contributed by atoms with Gasteiger partial charge < -0.3 is 20.1 Å². The maximum atomic E-state index is 12.9. The van der Waals surface area contributed by atoms with Crippen molar-refractivity contribution >= 4 is 22.7 Å². The Kier molecular flexibility index (Phi) is 8.01. The highest BCUT2D eigenvalue weighted by Gasteiger charge is 2.31. The fourth-order valence-electron chi connectivity index (χ4n) is 5.47. The van der Waals surface area contributed by atoms with Crippen LogP contribution in [0.25, 0.3) is 10.9 Å². The zero-order valence-corrected chi connectivity index (χ0v) is 22.2. The van der Waals surface area contributed by atoms with Crippen molar-refractivity contribution in [1.29, 1.82) is 0 Å². The summed E-state index contributed by atoms with van der Waals surface area (Å²) in [6, 6.07) is 1.03. The zero-order chi connectivity index (χ0) is 27.6. The summed E-state index contributed by atoms with van der Waals surface area (Å²) in [5.41, 5.74) is 1.54. The number of pyridine rings is 1. The molecule has 9 nitrogen and oxygen atoms in total. The summed E-state index contributed by atoms with van der Waals surface area (Å²) >= 11 is 0. The van der Waals surface area contributed by atoms with Gasteiger partial charge in [-0.05, 0) is 51.5 Å². The lowest BCUT2D eigenvalue weighted by atomic mass is 9.83. The maximum absolute atomic E-state index is 12.9. The van der Waals surface area contributed by atoms with Crippen LogP contribution in [0.3, 0.4) is 0 Å². The van der Waals surface area contributed by atoms with Crippen molar-refractivity contribution in [3.8, 4) is 5.88 Å². The predicted molar refractivity (Wildman–Crippen MR) is 141 cm³/mol. The first-order chi connectivity index (χ1) is 18.6. The highest BCUT2D eigenvalue weighted by atomic mass is 19.4. The Morgan fingerprint density at radius 3 is 2.49 bits per heavy atom. The second-order valence-corrected chi connectivity index (χ2v) is 10.6. The van der Waals surface area contributed by atoms with Crippen LogP contribution in [0.4, 0.5) is 24.9 Å². The summed E-state index contributed by atoms with van der Waals surface area (Å²) in [5, 5.41) is 13.4. The topological polar surface area (TPSA) is 109 Å². The van der Waals surface area contributed by atoms with Crippen molar-refractivity contribution in [2.75, 3.05) is 23.3 Å². The maximum Gasteiger partial charge on any atom is 0.391 e. The van der Waals surface area contributed by atoms with Gasteiger partial charge in [0.25, 0.3) is 0 Å². The number of anilines is 2. The number of rotatable bonds is 7. The fraction of sp³-hybridized carbons (Fsp3) is 0.593. The molecule has 3 aromatic rings. The van der Waals surface area contributed by atoms with Crippen molar-refractivity contribution in [2.45, 2.75) is 89.1 Å². The van der Waals surface area contributed by atoms with E-state index in [2.05, 4.69) is 35.1 Å². The van der Waals surface area contributed by atoms with Gasteiger partial charge >= 0.3 is 6.18 Å². The molecule has 4 heterocycles. The number of nitrogens with zero attached hydrogens (tertiary/aromatic N) is 6. The van der Waals surface area contributed by atoms with E-state index in [1.807, 2.05) is 13.0 Å². The molecule has 2 aliphatic rings. The Morgan fingerprint density at radius 1 is 1.05 bits per heavy atom. The van der Waals surface area contributed by atoms with Gasteiger partial charge in [-0.1, -0.05) is 0 Å². The van der Waals surface area contributed by atoms with Gasteiger partial charge in [0.05, 0.1) is 23.4 Å². The van der Waals surface area contributed by atoms with Crippen molar-refractivity contribution < 1.29 is 23.0 Å². The molecular weight excluding hydrogens is 511 g/mol. The third-order valence-corrected chi connectivity index (χ3v) is 7.47. The minimum Gasteiger partial charge on any atom is -0.474 e. The zero-order valence-electron chi connectivity index (χ0n) is 22.2. The van der Waals surface area contributed by atoms with Crippen LogP contribution in [0.5, 0.6) is 5.88 Å². The summed E-state index contributed by atoms with van der Waals surface area (Å²) in [7, 11) is 0. The number of piperidine rings is 1. The summed E-state index contributed by atoms with van der Waals surface area (Å²) in [5.74, 6) is 2.35. The number of fused-ring (bicyclic) bond motifs is 1. The molecule has 5 rings (SSSR count). The molecule has 0 spiro atoms. The quantitative estimate of drug-likeness (QED) is 0.427. The van der Waals surface area contributed by atoms with E-state index in [4.69, 9.17) is 4.74 Å². The normalized spacial score (nSPS) is 21.6. The van der Waals surface area contributed by atoms with Crippen LogP contribution in [0.15, 0.2) is 24.7 Å². The van der Waals surface area contributed by atoms with E-state index < -0.39 is 18.6 Å². The smallest absolute Gasteiger partial charge is 0.391 e. The van der Waals surface area contributed by atoms with Crippen LogP contribution >= 0.6 is 0 Å². The number of aliphatic hydroxyl groups is 1. The Morgan fingerprint density at radius 2 is 1.79 bits per heavy atom. The van der Waals surface area contributed by atoms with Gasteiger partial charge in [0.2, 0.25) is 11.8 Å². The molecule has 1 saturated heterocycles. The summed E-state index contributed by atoms with van der Waals surface area (Å²) in [4.78, 5) is 24.5. The molecule has 1 aliphatic heterocycles. The number of hydrogen-bond donors (Lipinski definition) is 2. The van der Waals surface area contributed by atoms with Gasteiger partial charge in [-0.15, -0.1) is 0 Å². The highest BCUT2D eigenvalue weighted by molar-refractivity contribution is 5.86. The SMILES string of the molecule is Cc1nccc(N2CCC(Oc3ncc(C4CCC(O)CC4)c4nc(N[C@@H](C)CC(F)(F)F)ncc34)CC2)n1. The first kappa shape index (κ1) is 27.3. The first-order valence-electron chi connectivity index (χ1n) is 13.5. The van der Waals surface area contributed by atoms with Crippen molar-refractivity contribution in [3.05, 3.63) is 36.0 Å². The molecule has 0 aromatic carbocycles. The van der Waals surface area contributed by atoms with Crippen LogP contribution in [-0.4, -0.2) is 67.5 Å². The number of hydrogen-bond acceptors (Lipinski definition) is 9. The summed E-state index contributed by atoms with van der Waals surface area (Å²) < 4.78 is 45.0. The standard InChI is InChI=1S/C27H34F3N7O2/c1-16(13-27(28,29)30)34-26-33-15-22-24(36-26)21(18-3-5-19(38)6-4-18)14-32-25(22)39-20-8-11-37(12-9-20)23-7-10-31-17(2)35-23/h7,10,14-16,18-20,38H,3-6,8-9,11-13H2,1-2H3,(H,33,34,36)/t16-,18?,19?/m0/s1. The lowest BCUT2D eigenvalue weighted by Crippen LogP contribution is -2.39. The van der Waals surface area contributed by atoms with E-state index in [9.17, 15) is 18.3 Å². The van der Waals surface area contributed by atoms with Crippen molar-refractivity contribution in [3.63, 3.8) is 0 Å². The number of nitrogens with one attached hydrogen (secondary N) is 1. The number of alkyl halides is 3. The Balaban J connectivity index is 1.36. The second kappa shape index (κ2) is 11.4. The van der Waals surface area contributed by atoms with Gasteiger partial charge in [0, 0.05) is 56.1 Å². The minimum absolute atomic E-state index is 0.0554. The first-order valence-corrected chi connectivity index (χ1v) is 13.5. The van der Waals surface area contributed by atoms with E-state index in [0.717, 1.165) is 56.0 Å². The lowest BCUT2D eigenvalue weighted by Gasteiger charge is -2.33. The van der Waals surface area contributed by atoms with Gasteiger partial charge in [-0.25, -0.2) is 24.9 Å². The predicted octanol–water partition coefficient (Wildman–Crippen LogP) is 4.94. The number of halogens is 3. The second-order valence-electron chi connectivity index (χ2n) is 10.6. The number of aliphatic hydroxyl groups excluding tert-OH is 1. The molecule has 2 fully saturated rings. The Hall–Kier alpha value is -3.28. The molecule has 2 N–H and O–H groups in total. The Labute approximate surface area is 225 Å². The van der Waals surface area contributed by atoms with E-state index in [-0.39, 0.29) is 24.1 Å². The van der Waals surface area contributed by atoms with E-state index in [0.29, 0.717) is 29.6 Å². The molecule has 0 bridgehead atoms. The van der Waals surface area contributed by atoms with E-state index >= 15 is 0 Å². The van der Waals surface area contributed by atoms with Crippen LogP contribution in [0.2, 0.25) is 0 Å². The molecule has 39 heavy (non-hydrogen) atoms. The van der Waals surface area contributed by atoms with Gasteiger partial charge in [-0.3, -0.25) is 0 Å². The molecule has 1 aliphatic carbocycles. The molecule has 12 heteroatoms. The third kappa shape index (κ3) is 6.84.